The SMILES string of the molecule is CC(CN=C=O)N=C=O.Cc1ccccc1.OCCO. The van der Waals surface area contributed by atoms with Gasteiger partial charge in [-0.1, -0.05) is 35.9 Å². The van der Waals surface area contributed by atoms with Crippen LogP contribution in [-0.4, -0.2) is 48.2 Å². The summed E-state index contributed by atoms with van der Waals surface area (Å²) in [6.07, 6.45) is 2.70. The van der Waals surface area contributed by atoms with Gasteiger partial charge >= 0.3 is 0 Å². The Labute approximate surface area is 118 Å². The molecule has 0 bridgehead atoms. The molecule has 20 heavy (non-hydrogen) atoms. The Bertz CT molecular complexity index is 408. The van der Waals surface area contributed by atoms with Crippen molar-refractivity contribution in [3.8, 4) is 0 Å². The molecule has 6 nitrogen and oxygen atoms in total. The van der Waals surface area contributed by atoms with E-state index in [0.717, 1.165) is 0 Å². The minimum absolute atomic E-state index is 0.125. The highest BCUT2D eigenvalue weighted by atomic mass is 16.3. The number of carbonyl (C=O) groups excluding carboxylic acids is 2. The third kappa shape index (κ3) is 18.3. The normalized spacial score (nSPS) is 9.40. The fraction of sp³-hybridized carbons (Fsp3) is 0.429. The van der Waals surface area contributed by atoms with Gasteiger partial charge in [0.05, 0.1) is 25.8 Å². The Morgan fingerprint density at radius 3 is 1.95 bits per heavy atom. The molecule has 0 aliphatic heterocycles. The lowest BCUT2D eigenvalue weighted by molar-refractivity contribution is 0.186. The Hall–Kier alpha value is -2.10. The van der Waals surface area contributed by atoms with Crippen molar-refractivity contribution in [1.82, 2.24) is 0 Å². The summed E-state index contributed by atoms with van der Waals surface area (Å²) >= 11 is 0. The van der Waals surface area contributed by atoms with Gasteiger partial charge in [0.15, 0.2) is 0 Å². The maximum Gasteiger partial charge on any atom is 0.235 e. The van der Waals surface area contributed by atoms with E-state index in [1.54, 1.807) is 6.92 Å². The van der Waals surface area contributed by atoms with Crippen LogP contribution < -0.4 is 0 Å². The van der Waals surface area contributed by atoms with E-state index in [-0.39, 0.29) is 25.8 Å². The summed E-state index contributed by atoms with van der Waals surface area (Å²) in [5, 5.41) is 15.2. The van der Waals surface area contributed by atoms with Gasteiger partial charge in [-0.15, -0.1) is 0 Å². The number of isocyanates is 2. The molecule has 0 amide bonds. The lowest BCUT2D eigenvalue weighted by atomic mass is 10.2. The molecule has 6 heteroatoms. The third-order valence-corrected chi connectivity index (χ3v) is 1.73. The smallest absolute Gasteiger partial charge is 0.235 e. The average Bonchev–Trinajstić information content (AvgIpc) is 2.47. The molecule has 2 N–H and O–H groups in total. The molecule has 1 atom stereocenters. The highest BCUT2D eigenvalue weighted by Crippen LogP contribution is 1.92. The van der Waals surface area contributed by atoms with Crippen LogP contribution in [0.5, 0.6) is 0 Å². The first kappa shape index (κ1) is 20.2. The summed E-state index contributed by atoms with van der Waals surface area (Å²) in [5.41, 5.74) is 1.32. The lowest BCUT2D eigenvalue weighted by Gasteiger charge is -1.91. The quantitative estimate of drug-likeness (QED) is 0.635. The highest BCUT2D eigenvalue weighted by molar-refractivity contribution is 5.34. The number of hydrogen-bond acceptors (Lipinski definition) is 6. The maximum absolute atomic E-state index is 9.55. The van der Waals surface area contributed by atoms with Gasteiger partial charge in [-0.25, -0.2) is 19.6 Å². The predicted molar refractivity (Wildman–Crippen MR) is 75.9 cm³/mol. The van der Waals surface area contributed by atoms with Crippen molar-refractivity contribution in [2.24, 2.45) is 9.98 Å². The van der Waals surface area contributed by atoms with Gasteiger partial charge in [-0.05, 0) is 13.8 Å². The number of aliphatic hydroxyl groups excluding tert-OH is 2. The van der Waals surface area contributed by atoms with E-state index in [1.807, 2.05) is 18.2 Å². The molecule has 0 radical (unpaired) electrons. The van der Waals surface area contributed by atoms with Crippen molar-refractivity contribution < 1.29 is 19.8 Å². The molecule has 110 valence electrons. The number of benzene rings is 1. The zero-order valence-electron chi connectivity index (χ0n) is 11.7. The monoisotopic (exact) mass is 280 g/mol. The molecule has 0 saturated heterocycles. The van der Waals surface area contributed by atoms with Gasteiger partial charge < -0.3 is 10.2 Å². The first-order valence-electron chi connectivity index (χ1n) is 5.96. The Morgan fingerprint density at radius 1 is 1.10 bits per heavy atom. The molecule has 1 unspecified atom stereocenters. The second-order valence-electron chi connectivity index (χ2n) is 3.60. The fourth-order valence-electron chi connectivity index (χ4n) is 0.835. The summed E-state index contributed by atoms with van der Waals surface area (Å²) in [6, 6.07) is 10.0. The Morgan fingerprint density at radius 2 is 1.65 bits per heavy atom. The molecule has 0 spiro atoms. The molecule has 0 heterocycles. The molecule has 0 fully saturated rings. The van der Waals surface area contributed by atoms with Crippen LogP contribution in [0.25, 0.3) is 0 Å². The molecule has 0 saturated carbocycles. The number of aliphatic imine (C=N–C) groups is 2. The average molecular weight is 280 g/mol. The van der Waals surface area contributed by atoms with E-state index in [0.29, 0.717) is 0 Å². The summed E-state index contributed by atoms with van der Waals surface area (Å²) in [5.74, 6) is 0. The van der Waals surface area contributed by atoms with Gasteiger partial charge in [0.2, 0.25) is 12.2 Å². The highest BCUT2D eigenvalue weighted by Gasteiger charge is 1.93. The van der Waals surface area contributed by atoms with Crippen molar-refractivity contribution in [1.29, 1.82) is 0 Å². The second kappa shape index (κ2) is 16.9. The molecule has 0 aliphatic rings. The number of aliphatic hydroxyl groups is 2. The van der Waals surface area contributed by atoms with E-state index in [1.165, 1.54) is 17.7 Å². The molecular formula is C14H20N2O4. The number of aryl methyl sites for hydroxylation is 1. The number of hydrogen-bond donors (Lipinski definition) is 2. The van der Waals surface area contributed by atoms with Crippen LogP contribution in [0.3, 0.4) is 0 Å². The summed E-state index contributed by atoms with van der Waals surface area (Å²) in [6.45, 7) is 3.70. The van der Waals surface area contributed by atoms with Crippen molar-refractivity contribution in [3.63, 3.8) is 0 Å². The van der Waals surface area contributed by atoms with Gasteiger partial charge in [0.1, 0.15) is 0 Å². The van der Waals surface area contributed by atoms with E-state index in [4.69, 9.17) is 10.2 Å². The van der Waals surface area contributed by atoms with Gasteiger partial charge in [0.25, 0.3) is 0 Å². The molecule has 0 aromatic heterocycles. The predicted octanol–water partition coefficient (Wildman–Crippen LogP) is 1.01. The molecule has 1 rings (SSSR count). The molecule has 1 aromatic rings. The molecular weight excluding hydrogens is 260 g/mol. The zero-order chi connectivity index (χ0) is 15.6. The summed E-state index contributed by atoms with van der Waals surface area (Å²) in [4.78, 5) is 25.5. The topological polar surface area (TPSA) is 99.3 Å². The first-order chi connectivity index (χ1) is 9.62. The van der Waals surface area contributed by atoms with E-state index >= 15 is 0 Å². The van der Waals surface area contributed by atoms with Crippen LogP contribution in [-0.2, 0) is 9.59 Å². The van der Waals surface area contributed by atoms with Crippen molar-refractivity contribution in [2.45, 2.75) is 19.9 Å². The van der Waals surface area contributed by atoms with Crippen molar-refractivity contribution >= 4 is 12.2 Å². The van der Waals surface area contributed by atoms with E-state index in [9.17, 15) is 9.59 Å². The first-order valence-corrected chi connectivity index (χ1v) is 5.96. The number of nitrogens with zero attached hydrogens (tertiary/aromatic N) is 2. The van der Waals surface area contributed by atoms with E-state index in [2.05, 4.69) is 29.0 Å². The van der Waals surface area contributed by atoms with Crippen molar-refractivity contribution in [3.05, 3.63) is 35.9 Å². The van der Waals surface area contributed by atoms with Crippen molar-refractivity contribution in [2.75, 3.05) is 19.8 Å². The van der Waals surface area contributed by atoms with Crippen LogP contribution >= 0.6 is 0 Å². The number of rotatable bonds is 4. The third-order valence-electron chi connectivity index (χ3n) is 1.73. The largest absolute Gasteiger partial charge is 0.394 e. The second-order valence-corrected chi connectivity index (χ2v) is 3.60. The van der Waals surface area contributed by atoms with Crippen LogP contribution in [0.4, 0.5) is 0 Å². The standard InChI is InChI=1S/C7H8.C5H6N2O2.C2H6O2/c1-7-5-3-2-4-6-7;1-5(7-4-9)2-6-3-8;3-1-2-4/h2-6H,1H3;5H,2H2,1H3;3-4H,1-2H2. The van der Waals surface area contributed by atoms with Crippen LogP contribution in [0.15, 0.2) is 40.3 Å². The zero-order valence-corrected chi connectivity index (χ0v) is 11.7. The van der Waals surface area contributed by atoms with Gasteiger partial charge in [-0.3, -0.25) is 0 Å². The fourth-order valence-corrected chi connectivity index (χ4v) is 0.835. The minimum Gasteiger partial charge on any atom is -0.394 e. The van der Waals surface area contributed by atoms with Gasteiger partial charge in [0, 0.05) is 0 Å². The Kier molecular flexibility index (Phi) is 17.1. The molecule has 0 aliphatic carbocycles. The maximum atomic E-state index is 9.55. The van der Waals surface area contributed by atoms with Gasteiger partial charge in [-0.2, -0.15) is 0 Å². The van der Waals surface area contributed by atoms with Crippen LogP contribution in [0.1, 0.15) is 12.5 Å². The van der Waals surface area contributed by atoms with Crippen LogP contribution in [0.2, 0.25) is 0 Å². The summed E-state index contributed by atoms with van der Waals surface area (Å²) < 4.78 is 0. The van der Waals surface area contributed by atoms with Crippen LogP contribution in [0, 0.1) is 6.92 Å². The molecule has 1 aromatic carbocycles. The Balaban J connectivity index is 0. The van der Waals surface area contributed by atoms with E-state index < -0.39 is 0 Å². The lowest BCUT2D eigenvalue weighted by Crippen LogP contribution is -2.00. The minimum atomic E-state index is -0.260. The summed E-state index contributed by atoms with van der Waals surface area (Å²) in [7, 11) is 0.